The van der Waals surface area contributed by atoms with Crippen molar-refractivity contribution >= 4 is 33.7 Å². The summed E-state index contributed by atoms with van der Waals surface area (Å²) in [5.74, 6) is -0.791. The van der Waals surface area contributed by atoms with Crippen LogP contribution < -0.4 is 10.5 Å². The minimum atomic E-state index is -0.916. The molecule has 1 aromatic rings. The molecular weight excluding hydrogens is 490 g/mol. The third-order valence-corrected chi connectivity index (χ3v) is 6.31. The smallest absolute Gasteiger partial charge is 0.306 e. The van der Waals surface area contributed by atoms with E-state index in [1.807, 2.05) is 0 Å². The fourth-order valence-corrected chi connectivity index (χ4v) is 4.45. The Hall–Kier alpha value is -2.39. The highest BCUT2D eigenvalue weighted by Crippen LogP contribution is 2.38. The number of nitrogens with zero attached hydrogens (tertiary/aromatic N) is 2. The molecule has 0 saturated carbocycles. The molecule has 9 heteroatoms. The van der Waals surface area contributed by atoms with Gasteiger partial charge >= 0.3 is 5.97 Å². The van der Waals surface area contributed by atoms with Crippen LogP contribution in [0.3, 0.4) is 0 Å². The highest BCUT2D eigenvalue weighted by Gasteiger charge is 2.38. The van der Waals surface area contributed by atoms with E-state index in [1.54, 1.807) is 32.9 Å². The molecule has 2 N–H and O–H groups in total. The van der Waals surface area contributed by atoms with Crippen LogP contribution in [0.1, 0.15) is 56.0 Å². The van der Waals surface area contributed by atoms with Crippen LogP contribution in [0.5, 0.6) is 5.75 Å². The normalized spacial score (nSPS) is 17.4. The highest BCUT2D eigenvalue weighted by atomic mass is 79.9. The average Bonchev–Trinajstić information content (AvgIpc) is 3.03. The number of esters is 1. The van der Waals surface area contributed by atoms with Crippen LogP contribution >= 0.6 is 15.9 Å². The molecule has 0 radical (unpaired) electrons. The SMILES string of the molecule is CN1CC=C(COc2c(Br)ccc3c2CN([C@@H](CCC(=O)OC(C)(C)C)C(N)=O)C3=O)CC1. The van der Waals surface area contributed by atoms with E-state index < -0.39 is 23.5 Å². The van der Waals surface area contributed by atoms with Crippen molar-refractivity contribution in [2.45, 2.75) is 58.2 Å². The first-order valence-electron chi connectivity index (χ1n) is 11.1. The molecule has 1 aromatic carbocycles. The predicted octanol–water partition coefficient (Wildman–Crippen LogP) is 3.02. The molecule has 0 fully saturated rings. The third-order valence-electron chi connectivity index (χ3n) is 5.69. The summed E-state index contributed by atoms with van der Waals surface area (Å²) in [6.45, 7) is 7.82. The molecule has 3 rings (SSSR count). The maximum atomic E-state index is 13.1. The number of hydrogen-bond acceptors (Lipinski definition) is 6. The van der Waals surface area contributed by atoms with Crippen molar-refractivity contribution in [1.82, 2.24) is 9.80 Å². The Morgan fingerprint density at radius 3 is 2.61 bits per heavy atom. The fourth-order valence-electron chi connectivity index (χ4n) is 3.97. The van der Waals surface area contributed by atoms with Gasteiger partial charge in [0, 0.05) is 30.6 Å². The number of fused-ring (bicyclic) bond motifs is 1. The van der Waals surface area contributed by atoms with Crippen LogP contribution in [0.4, 0.5) is 0 Å². The van der Waals surface area contributed by atoms with Gasteiger partial charge in [0.1, 0.15) is 24.0 Å². The number of carbonyl (C=O) groups excluding carboxylic acids is 3. The molecule has 33 heavy (non-hydrogen) atoms. The zero-order chi connectivity index (χ0) is 24.3. The summed E-state index contributed by atoms with van der Waals surface area (Å²) < 4.78 is 12.2. The van der Waals surface area contributed by atoms with Gasteiger partial charge in [-0.05, 0) is 74.3 Å². The first kappa shape index (κ1) is 25.2. The maximum absolute atomic E-state index is 13.1. The van der Waals surface area contributed by atoms with Crippen molar-refractivity contribution in [2.75, 3.05) is 26.7 Å². The summed E-state index contributed by atoms with van der Waals surface area (Å²) in [6.07, 6.45) is 3.18. The van der Waals surface area contributed by atoms with E-state index in [2.05, 4.69) is 34.0 Å². The van der Waals surface area contributed by atoms with E-state index in [4.69, 9.17) is 15.2 Å². The number of nitrogens with two attached hydrogens (primary N) is 1. The lowest BCUT2D eigenvalue weighted by Crippen LogP contribution is -2.45. The van der Waals surface area contributed by atoms with E-state index in [0.29, 0.717) is 23.5 Å². The Labute approximate surface area is 203 Å². The lowest BCUT2D eigenvalue weighted by Gasteiger charge is -2.26. The van der Waals surface area contributed by atoms with Crippen LogP contribution in [0.25, 0.3) is 0 Å². The Bertz CT molecular complexity index is 970. The van der Waals surface area contributed by atoms with E-state index >= 15 is 0 Å². The first-order chi connectivity index (χ1) is 15.5. The zero-order valence-electron chi connectivity index (χ0n) is 19.7. The van der Waals surface area contributed by atoms with Gasteiger partial charge in [-0.15, -0.1) is 0 Å². The van der Waals surface area contributed by atoms with Crippen molar-refractivity contribution in [3.05, 3.63) is 39.4 Å². The molecule has 8 nitrogen and oxygen atoms in total. The predicted molar refractivity (Wildman–Crippen MR) is 128 cm³/mol. The number of halogens is 1. The van der Waals surface area contributed by atoms with Gasteiger partial charge in [0.05, 0.1) is 11.0 Å². The second-order valence-corrected chi connectivity index (χ2v) is 10.4. The quantitative estimate of drug-likeness (QED) is 0.416. The number of rotatable bonds is 8. The highest BCUT2D eigenvalue weighted by molar-refractivity contribution is 9.10. The Morgan fingerprint density at radius 2 is 2.00 bits per heavy atom. The van der Waals surface area contributed by atoms with Crippen molar-refractivity contribution < 1.29 is 23.9 Å². The van der Waals surface area contributed by atoms with E-state index in [-0.39, 0.29) is 25.3 Å². The number of hydrogen-bond donors (Lipinski definition) is 1. The minimum absolute atomic E-state index is 0.0132. The largest absolute Gasteiger partial charge is 0.488 e. The summed E-state index contributed by atoms with van der Waals surface area (Å²) >= 11 is 3.53. The second kappa shape index (κ2) is 10.3. The molecule has 0 saturated heterocycles. The van der Waals surface area contributed by atoms with Gasteiger partial charge in [0.15, 0.2) is 0 Å². The van der Waals surface area contributed by atoms with E-state index in [9.17, 15) is 14.4 Å². The second-order valence-electron chi connectivity index (χ2n) is 9.54. The van der Waals surface area contributed by atoms with Gasteiger partial charge < -0.3 is 25.0 Å². The molecule has 0 aliphatic carbocycles. The topological polar surface area (TPSA) is 102 Å². The summed E-state index contributed by atoms with van der Waals surface area (Å²) in [5.41, 5.74) is 7.41. The van der Waals surface area contributed by atoms with E-state index in [0.717, 1.165) is 24.0 Å². The molecule has 2 aliphatic rings. The number of benzene rings is 1. The third kappa shape index (κ3) is 6.35. The molecule has 2 aliphatic heterocycles. The molecule has 2 heterocycles. The summed E-state index contributed by atoms with van der Waals surface area (Å²) in [6, 6.07) is 2.58. The Morgan fingerprint density at radius 1 is 1.27 bits per heavy atom. The maximum Gasteiger partial charge on any atom is 0.306 e. The van der Waals surface area contributed by atoms with Crippen LogP contribution in [0, 0.1) is 0 Å². The number of primary amides is 1. The molecule has 2 amide bonds. The van der Waals surface area contributed by atoms with Crippen LogP contribution in [-0.4, -0.2) is 66.0 Å². The number of amides is 2. The molecule has 0 spiro atoms. The fraction of sp³-hybridized carbons (Fsp3) is 0.542. The van der Waals surface area contributed by atoms with Crippen molar-refractivity contribution in [3.8, 4) is 5.75 Å². The molecule has 0 unspecified atom stereocenters. The van der Waals surface area contributed by atoms with Gasteiger partial charge in [-0.25, -0.2) is 0 Å². The molecule has 180 valence electrons. The van der Waals surface area contributed by atoms with Gasteiger partial charge in [-0.3, -0.25) is 14.4 Å². The zero-order valence-corrected chi connectivity index (χ0v) is 21.2. The molecule has 1 atom stereocenters. The Balaban J connectivity index is 1.74. The monoisotopic (exact) mass is 521 g/mol. The van der Waals surface area contributed by atoms with Crippen molar-refractivity contribution in [3.63, 3.8) is 0 Å². The Kier molecular flexibility index (Phi) is 7.84. The number of carbonyl (C=O) groups is 3. The van der Waals surface area contributed by atoms with Crippen LogP contribution in [0.15, 0.2) is 28.3 Å². The number of likely N-dealkylation sites (N-methyl/N-ethyl adjacent to an activating group) is 1. The molecule has 0 aromatic heterocycles. The van der Waals surface area contributed by atoms with Gasteiger partial charge in [-0.1, -0.05) is 6.08 Å². The molecular formula is C24H32BrN3O5. The summed E-state index contributed by atoms with van der Waals surface area (Å²) in [5, 5.41) is 0. The van der Waals surface area contributed by atoms with Crippen molar-refractivity contribution in [2.24, 2.45) is 5.73 Å². The minimum Gasteiger partial charge on any atom is -0.488 e. The van der Waals surface area contributed by atoms with Gasteiger partial charge in [-0.2, -0.15) is 0 Å². The first-order valence-corrected chi connectivity index (χ1v) is 11.9. The average molecular weight is 522 g/mol. The lowest BCUT2D eigenvalue weighted by molar-refractivity contribution is -0.155. The van der Waals surface area contributed by atoms with Gasteiger partial charge in [0.25, 0.3) is 5.91 Å². The van der Waals surface area contributed by atoms with Gasteiger partial charge in [0.2, 0.25) is 5.91 Å². The summed E-state index contributed by atoms with van der Waals surface area (Å²) in [7, 11) is 2.08. The summed E-state index contributed by atoms with van der Waals surface area (Å²) in [4.78, 5) is 41.2. The van der Waals surface area contributed by atoms with Crippen LogP contribution in [0.2, 0.25) is 0 Å². The standard InChI is InChI=1S/C24H32BrN3O5/c1-24(2,3)33-20(29)8-7-19(22(26)30)28-13-17-16(23(28)31)5-6-18(25)21(17)32-14-15-9-11-27(4)12-10-15/h5-6,9,19H,7-8,10-14H2,1-4H3,(H2,26,30)/t19-/m0/s1. The molecule has 0 bridgehead atoms. The van der Waals surface area contributed by atoms with E-state index in [1.165, 1.54) is 10.5 Å². The van der Waals surface area contributed by atoms with Crippen molar-refractivity contribution in [1.29, 1.82) is 0 Å². The van der Waals surface area contributed by atoms with Crippen LogP contribution in [-0.2, 0) is 20.9 Å². The number of ether oxygens (including phenoxy) is 2. The lowest BCUT2D eigenvalue weighted by atomic mass is 10.1.